The van der Waals surface area contributed by atoms with Crippen molar-refractivity contribution >= 4 is 23.8 Å². The van der Waals surface area contributed by atoms with Gasteiger partial charge in [-0.2, -0.15) is 0 Å². The highest BCUT2D eigenvalue weighted by molar-refractivity contribution is 5.98. The molecule has 3 aliphatic rings. The van der Waals surface area contributed by atoms with Crippen molar-refractivity contribution in [3.8, 4) is 11.5 Å². The third kappa shape index (κ3) is 3.65. The van der Waals surface area contributed by atoms with E-state index in [1.54, 1.807) is 6.07 Å². The lowest BCUT2D eigenvalue weighted by Gasteiger charge is -2.49. The zero-order valence-electron chi connectivity index (χ0n) is 16.9. The molecular weight excluding hydrogens is 414 g/mol. The molecule has 1 fully saturated rings. The highest BCUT2D eigenvalue weighted by atomic mass is 16.7. The summed E-state index contributed by atoms with van der Waals surface area (Å²) in [5.74, 6) is -2.76. The van der Waals surface area contributed by atoms with Gasteiger partial charge in [0, 0.05) is 32.3 Å². The van der Waals surface area contributed by atoms with Gasteiger partial charge in [0.15, 0.2) is 29.8 Å². The molecule has 2 heterocycles. The summed E-state index contributed by atoms with van der Waals surface area (Å²) in [6.45, 7) is 3.40. The van der Waals surface area contributed by atoms with E-state index in [4.69, 9.17) is 23.7 Å². The summed E-state index contributed by atoms with van der Waals surface area (Å²) < 4.78 is 26.7. The van der Waals surface area contributed by atoms with Crippen molar-refractivity contribution < 1.29 is 48.0 Å². The van der Waals surface area contributed by atoms with Crippen LogP contribution in [-0.2, 0) is 28.6 Å². The van der Waals surface area contributed by atoms with Gasteiger partial charge < -0.3 is 34.1 Å². The van der Waals surface area contributed by atoms with Crippen LogP contribution in [0, 0.1) is 0 Å². The average Bonchev–Trinajstić information content (AvgIpc) is 3.13. The van der Waals surface area contributed by atoms with Crippen LogP contribution in [0.4, 0.5) is 0 Å². The lowest BCUT2D eigenvalue weighted by atomic mass is 9.70. The van der Waals surface area contributed by atoms with Crippen molar-refractivity contribution in [1.29, 1.82) is 0 Å². The van der Waals surface area contributed by atoms with Crippen LogP contribution in [0.25, 0.3) is 0 Å². The molecule has 0 saturated heterocycles. The molecule has 166 valence electrons. The molecule has 31 heavy (non-hydrogen) atoms. The van der Waals surface area contributed by atoms with Crippen LogP contribution < -0.4 is 14.8 Å². The minimum absolute atomic E-state index is 0.0167. The van der Waals surface area contributed by atoms with E-state index in [1.807, 2.05) is 0 Å². The van der Waals surface area contributed by atoms with Crippen molar-refractivity contribution in [3.05, 3.63) is 23.3 Å². The van der Waals surface area contributed by atoms with Crippen LogP contribution in [0.2, 0.25) is 0 Å². The minimum Gasteiger partial charge on any atom is -0.456 e. The Kier molecular flexibility index (Phi) is 5.21. The van der Waals surface area contributed by atoms with Crippen LogP contribution in [0.3, 0.4) is 0 Å². The molecule has 2 aliphatic heterocycles. The predicted molar refractivity (Wildman–Crippen MR) is 99.2 cm³/mol. The van der Waals surface area contributed by atoms with Gasteiger partial charge in [-0.3, -0.25) is 19.2 Å². The van der Waals surface area contributed by atoms with E-state index in [9.17, 15) is 24.3 Å². The molecule has 6 atom stereocenters. The Morgan fingerprint density at radius 3 is 2.10 bits per heavy atom. The Hall–Kier alpha value is -3.34. The number of carbonyl (C=O) groups is 4. The number of benzene rings is 1. The number of hydrogen-bond donors (Lipinski definition) is 2. The normalized spacial score (nSPS) is 30.4. The Bertz CT molecular complexity index is 960. The largest absolute Gasteiger partial charge is 0.456 e. The SMILES string of the molecule is CC(=O)O[C@@H]1[C@@H](OC(C)=O)[C@H](O)C2c3cc4c(cc3C(=O)N[C@H]2[C@@H]1OC(C)=O)OCO4. The van der Waals surface area contributed by atoms with E-state index < -0.39 is 60.2 Å². The highest BCUT2D eigenvalue weighted by Gasteiger charge is 2.58. The van der Waals surface area contributed by atoms with Crippen molar-refractivity contribution in [2.45, 2.75) is 57.1 Å². The van der Waals surface area contributed by atoms with Gasteiger partial charge in [0.25, 0.3) is 5.91 Å². The second-order valence-electron chi connectivity index (χ2n) is 7.53. The first-order valence-electron chi connectivity index (χ1n) is 9.61. The number of amides is 1. The maximum absolute atomic E-state index is 12.8. The molecule has 1 unspecified atom stereocenters. The van der Waals surface area contributed by atoms with Crippen LogP contribution in [0.5, 0.6) is 11.5 Å². The summed E-state index contributed by atoms with van der Waals surface area (Å²) in [5, 5.41) is 13.9. The minimum atomic E-state index is -1.40. The Balaban J connectivity index is 1.84. The third-order valence-electron chi connectivity index (χ3n) is 5.45. The number of aliphatic hydroxyl groups excluding tert-OH is 1. The standard InChI is InChI=1S/C20H21NO10/c1-7(22)29-17-15-14(16(25)18(30-8(2)23)19(17)31-9(3)24)10-4-12-13(28-6-27-12)5-11(10)20(26)21-15/h4-5,14-19,25H,6H2,1-3H3,(H,21,26)/t14?,15-,16-,17+,18+,19+/m1/s1. The number of fused-ring (bicyclic) bond motifs is 4. The van der Waals surface area contributed by atoms with Crippen LogP contribution in [0.15, 0.2) is 12.1 Å². The van der Waals surface area contributed by atoms with Crippen molar-refractivity contribution in [1.82, 2.24) is 5.32 Å². The number of rotatable bonds is 3. The summed E-state index contributed by atoms with van der Waals surface area (Å²) in [5.41, 5.74) is 0.639. The molecule has 1 aliphatic carbocycles. The lowest BCUT2D eigenvalue weighted by molar-refractivity contribution is -0.211. The number of carbonyl (C=O) groups excluding carboxylic acids is 4. The molecule has 0 aromatic heterocycles. The van der Waals surface area contributed by atoms with E-state index in [1.165, 1.54) is 6.07 Å². The number of aliphatic hydroxyl groups is 1. The van der Waals surface area contributed by atoms with Gasteiger partial charge in [-0.15, -0.1) is 0 Å². The van der Waals surface area contributed by atoms with Crippen molar-refractivity contribution in [3.63, 3.8) is 0 Å². The van der Waals surface area contributed by atoms with Gasteiger partial charge >= 0.3 is 17.9 Å². The molecule has 2 N–H and O–H groups in total. The summed E-state index contributed by atoms with van der Waals surface area (Å²) >= 11 is 0. The van der Waals surface area contributed by atoms with Gasteiger partial charge in [-0.1, -0.05) is 0 Å². The predicted octanol–water partition coefficient (Wildman–Crippen LogP) is -0.219. The van der Waals surface area contributed by atoms with Crippen molar-refractivity contribution in [2.24, 2.45) is 0 Å². The van der Waals surface area contributed by atoms with Gasteiger partial charge in [-0.25, -0.2) is 0 Å². The second-order valence-corrected chi connectivity index (χ2v) is 7.53. The van der Waals surface area contributed by atoms with E-state index >= 15 is 0 Å². The fourth-order valence-corrected chi connectivity index (χ4v) is 4.40. The van der Waals surface area contributed by atoms with Gasteiger partial charge in [-0.05, 0) is 17.7 Å². The summed E-state index contributed by atoms with van der Waals surface area (Å²) in [6.07, 6.45) is -5.30. The lowest BCUT2D eigenvalue weighted by Crippen LogP contribution is -2.68. The first-order valence-corrected chi connectivity index (χ1v) is 9.61. The van der Waals surface area contributed by atoms with E-state index in [0.717, 1.165) is 20.8 Å². The molecule has 0 bridgehead atoms. The first kappa shape index (κ1) is 20.9. The topological polar surface area (TPSA) is 147 Å². The van der Waals surface area contributed by atoms with Crippen molar-refractivity contribution in [2.75, 3.05) is 6.79 Å². The maximum Gasteiger partial charge on any atom is 0.303 e. The Labute approximate surface area is 176 Å². The number of nitrogens with one attached hydrogen (secondary N) is 1. The molecule has 11 heteroatoms. The highest BCUT2D eigenvalue weighted by Crippen LogP contribution is 2.45. The zero-order valence-corrected chi connectivity index (χ0v) is 16.9. The Morgan fingerprint density at radius 1 is 0.935 bits per heavy atom. The molecular formula is C20H21NO10. The fourth-order valence-electron chi connectivity index (χ4n) is 4.40. The average molecular weight is 435 g/mol. The van der Waals surface area contributed by atoms with E-state index in [2.05, 4.69) is 5.32 Å². The number of esters is 3. The number of hydrogen-bond acceptors (Lipinski definition) is 10. The molecule has 0 spiro atoms. The van der Waals surface area contributed by atoms with Crippen LogP contribution in [0.1, 0.15) is 42.6 Å². The Morgan fingerprint density at radius 2 is 1.48 bits per heavy atom. The number of ether oxygens (including phenoxy) is 5. The first-order chi connectivity index (χ1) is 14.7. The van der Waals surface area contributed by atoms with E-state index in [0.29, 0.717) is 17.1 Å². The zero-order chi connectivity index (χ0) is 22.4. The van der Waals surface area contributed by atoms with Crippen LogP contribution in [-0.4, -0.2) is 66.2 Å². The summed E-state index contributed by atoms with van der Waals surface area (Å²) in [6, 6.07) is 2.10. The van der Waals surface area contributed by atoms with Gasteiger partial charge in [0.2, 0.25) is 6.79 Å². The maximum atomic E-state index is 12.8. The molecule has 0 radical (unpaired) electrons. The molecule has 1 amide bonds. The third-order valence-corrected chi connectivity index (χ3v) is 5.45. The monoisotopic (exact) mass is 435 g/mol. The van der Waals surface area contributed by atoms with Crippen LogP contribution >= 0.6 is 0 Å². The van der Waals surface area contributed by atoms with Gasteiger partial charge in [0.1, 0.15) is 6.10 Å². The fraction of sp³-hybridized carbons (Fsp3) is 0.500. The molecule has 11 nitrogen and oxygen atoms in total. The van der Waals surface area contributed by atoms with E-state index in [-0.39, 0.29) is 12.4 Å². The smallest absolute Gasteiger partial charge is 0.303 e. The summed E-state index contributed by atoms with van der Waals surface area (Å²) in [7, 11) is 0. The molecule has 4 rings (SSSR count). The second kappa shape index (κ2) is 7.73. The molecule has 1 saturated carbocycles. The van der Waals surface area contributed by atoms with Gasteiger partial charge in [0.05, 0.1) is 6.04 Å². The summed E-state index contributed by atoms with van der Waals surface area (Å²) in [4.78, 5) is 48.1. The molecule has 1 aromatic rings. The molecule has 1 aromatic carbocycles. The quantitative estimate of drug-likeness (QED) is 0.482.